The first-order chi connectivity index (χ1) is 13.5. The number of hydrogen-bond donors (Lipinski definition) is 1. The second-order valence-corrected chi connectivity index (χ2v) is 8.50. The number of benzene rings is 1. The van der Waals surface area contributed by atoms with Gasteiger partial charge in [-0.2, -0.15) is 0 Å². The molecule has 1 aliphatic carbocycles. The van der Waals surface area contributed by atoms with Gasteiger partial charge in [-0.05, 0) is 61.4 Å². The second-order valence-electron chi connectivity index (χ2n) is 8.06. The van der Waals surface area contributed by atoms with Gasteiger partial charge in [0.25, 0.3) is 5.91 Å². The van der Waals surface area contributed by atoms with Crippen LogP contribution in [-0.4, -0.2) is 40.9 Å². The number of aromatic nitrogens is 1. The fraction of sp³-hybridized carbons (Fsp3) is 0.455. The van der Waals surface area contributed by atoms with E-state index in [2.05, 4.69) is 5.32 Å². The van der Waals surface area contributed by atoms with Crippen LogP contribution in [0.3, 0.4) is 0 Å². The summed E-state index contributed by atoms with van der Waals surface area (Å²) in [6.07, 6.45) is 5.65. The molecule has 1 saturated heterocycles. The van der Waals surface area contributed by atoms with E-state index in [4.69, 9.17) is 11.6 Å². The highest BCUT2D eigenvalue weighted by atomic mass is 35.5. The van der Waals surface area contributed by atoms with Crippen molar-refractivity contribution in [3.05, 3.63) is 58.9 Å². The summed E-state index contributed by atoms with van der Waals surface area (Å²) in [4.78, 5) is 27.5. The lowest BCUT2D eigenvalue weighted by atomic mass is 9.93. The van der Waals surface area contributed by atoms with Crippen LogP contribution in [0.5, 0.6) is 0 Å². The molecule has 5 nitrogen and oxygen atoms in total. The standard InChI is InChI=1S/C22H26ClN3O2/c1-25-12-3-5-19(25)20(27)26-13-2-4-16(15-26)14-24-21(28)22(10-11-22)17-6-8-18(23)9-7-17/h3,5-9,12,16H,2,4,10-11,13-15H2,1H3,(H,24,28)/t16-/m1/s1. The Morgan fingerprint density at radius 1 is 1.21 bits per heavy atom. The average Bonchev–Trinajstić information content (AvgIpc) is 3.41. The Labute approximate surface area is 170 Å². The highest BCUT2D eigenvalue weighted by Crippen LogP contribution is 2.48. The molecule has 2 heterocycles. The maximum atomic E-state index is 12.9. The molecule has 2 aliphatic rings. The van der Waals surface area contributed by atoms with Crippen LogP contribution in [0.4, 0.5) is 0 Å². The average molecular weight is 400 g/mol. The number of aryl methyl sites for hydroxylation is 1. The van der Waals surface area contributed by atoms with Gasteiger partial charge in [0.2, 0.25) is 5.91 Å². The molecule has 0 radical (unpaired) electrons. The normalized spacial score (nSPS) is 20.6. The fourth-order valence-corrected chi connectivity index (χ4v) is 4.33. The summed E-state index contributed by atoms with van der Waals surface area (Å²) < 4.78 is 1.86. The van der Waals surface area contributed by atoms with Gasteiger partial charge in [-0.25, -0.2) is 0 Å². The summed E-state index contributed by atoms with van der Waals surface area (Å²) in [6, 6.07) is 11.3. The molecule has 1 N–H and O–H groups in total. The summed E-state index contributed by atoms with van der Waals surface area (Å²) in [6.45, 7) is 2.09. The fourth-order valence-electron chi connectivity index (χ4n) is 4.21. The van der Waals surface area contributed by atoms with Gasteiger partial charge >= 0.3 is 0 Å². The first kappa shape index (κ1) is 19.1. The number of rotatable bonds is 5. The van der Waals surface area contributed by atoms with Gasteiger partial charge in [-0.3, -0.25) is 9.59 Å². The number of nitrogens with one attached hydrogen (secondary N) is 1. The molecule has 1 aliphatic heterocycles. The number of nitrogens with zero attached hydrogens (tertiary/aromatic N) is 2. The third kappa shape index (κ3) is 3.68. The van der Waals surface area contributed by atoms with Crippen LogP contribution >= 0.6 is 11.6 Å². The minimum atomic E-state index is -0.391. The van der Waals surface area contributed by atoms with Crippen molar-refractivity contribution in [1.82, 2.24) is 14.8 Å². The molecule has 1 aromatic carbocycles. The van der Waals surface area contributed by atoms with Gasteiger partial charge in [0, 0.05) is 37.9 Å². The number of hydrogen-bond acceptors (Lipinski definition) is 2. The topological polar surface area (TPSA) is 54.3 Å². The molecule has 0 bridgehead atoms. The number of likely N-dealkylation sites (tertiary alicyclic amines) is 1. The van der Waals surface area contributed by atoms with E-state index in [1.165, 1.54) is 0 Å². The third-order valence-corrected chi connectivity index (χ3v) is 6.35. The van der Waals surface area contributed by atoms with Crippen LogP contribution < -0.4 is 5.32 Å². The van der Waals surface area contributed by atoms with Crippen molar-refractivity contribution in [1.29, 1.82) is 0 Å². The Morgan fingerprint density at radius 3 is 2.61 bits per heavy atom. The second kappa shape index (κ2) is 7.63. The molecular formula is C22H26ClN3O2. The van der Waals surface area contributed by atoms with E-state index in [9.17, 15) is 9.59 Å². The van der Waals surface area contributed by atoms with E-state index in [0.29, 0.717) is 29.7 Å². The predicted octanol–water partition coefficient (Wildman–Crippen LogP) is 3.38. The smallest absolute Gasteiger partial charge is 0.270 e. The first-order valence-corrected chi connectivity index (χ1v) is 10.3. The van der Waals surface area contributed by atoms with E-state index in [1.54, 1.807) is 0 Å². The number of halogens is 1. The van der Waals surface area contributed by atoms with Gasteiger partial charge in [0.05, 0.1) is 5.41 Å². The SMILES string of the molecule is Cn1cccc1C(=O)N1CCC[C@H](CNC(=O)C2(c3ccc(Cl)cc3)CC2)C1. The Kier molecular flexibility index (Phi) is 5.19. The minimum Gasteiger partial charge on any atom is -0.355 e. The van der Waals surface area contributed by atoms with Crippen LogP contribution in [0.2, 0.25) is 5.02 Å². The van der Waals surface area contributed by atoms with Crippen molar-refractivity contribution in [3.8, 4) is 0 Å². The Morgan fingerprint density at radius 2 is 1.96 bits per heavy atom. The van der Waals surface area contributed by atoms with Crippen molar-refractivity contribution >= 4 is 23.4 Å². The van der Waals surface area contributed by atoms with E-state index in [0.717, 1.165) is 37.8 Å². The molecular weight excluding hydrogens is 374 g/mol. The molecule has 148 valence electrons. The monoisotopic (exact) mass is 399 g/mol. The van der Waals surface area contributed by atoms with Crippen molar-refractivity contribution in [2.45, 2.75) is 31.1 Å². The summed E-state index contributed by atoms with van der Waals surface area (Å²) >= 11 is 5.98. The molecule has 6 heteroatoms. The molecule has 1 aromatic heterocycles. The van der Waals surface area contributed by atoms with Crippen LogP contribution in [-0.2, 0) is 17.3 Å². The highest BCUT2D eigenvalue weighted by Gasteiger charge is 2.51. The maximum Gasteiger partial charge on any atom is 0.270 e. The molecule has 0 unspecified atom stereocenters. The number of amides is 2. The van der Waals surface area contributed by atoms with Crippen molar-refractivity contribution in [3.63, 3.8) is 0 Å². The first-order valence-electron chi connectivity index (χ1n) is 9.94. The molecule has 1 saturated carbocycles. The Hall–Kier alpha value is -2.27. The summed E-state index contributed by atoms with van der Waals surface area (Å²) in [5.74, 6) is 0.465. The maximum absolute atomic E-state index is 12.9. The summed E-state index contributed by atoms with van der Waals surface area (Å²) in [5, 5.41) is 3.84. The van der Waals surface area contributed by atoms with Crippen molar-refractivity contribution < 1.29 is 9.59 Å². The quantitative estimate of drug-likeness (QED) is 0.837. The molecule has 1 atom stereocenters. The van der Waals surface area contributed by atoms with Crippen molar-refractivity contribution in [2.24, 2.45) is 13.0 Å². The van der Waals surface area contributed by atoms with Crippen LogP contribution in [0.15, 0.2) is 42.6 Å². The third-order valence-electron chi connectivity index (χ3n) is 6.10. The molecule has 0 spiro atoms. The molecule has 4 rings (SSSR count). The summed E-state index contributed by atoms with van der Waals surface area (Å²) in [7, 11) is 1.89. The molecule has 28 heavy (non-hydrogen) atoms. The lowest BCUT2D eigenvalue weighted by molar-refractivity contribution is -0.123. The van der Waals surface area contributed by atoms with Gasteiger partial charge in [0.1, 0.15) is 5.69 Å². The predicted molar refractivity (Wildman–Crippen MR) is 109 cm³/mol. The van der Waals surface area contributed by atoms with E-state index < -0.39 is 5.41 Å². The van der Waals surface area contributed by atoms with Gasteiger partial charge in [0.15, 0.2) is 0 Å². The lowest BCUT2D eigenvalue weighted by Gasteiger charge is -2.33. The largest absolute Gasteiger partial charge is 0.355 e. The van der Waals surface area contributed by atoms with Gasteiger partial charge in [-0.1, -0.05) is 23.7 Å². The number of piperidine rings is 1. The number of carbonyl (C=O) groups excluding carboxylic acids is 2. The number of carbonyl (C=O) groups is 2. The van der Waals surface area contributed by atoms with E-state index in [-0.39, 0.29) is 11.8 Å². The minimum absolute atomic E-state index is 0.0725. The van der Waals surface area contributed by atoms with Crippen LogP contribution in [0.1, 0.15) is 41.7 Å². The Balaban J connectivity index is 1.34. The molecule has 2 amide bonds. The zero-order chi connectivity index (χ0) is 19.7. The molecule has 2 aromatic rings. The molecule has 2 fully saturated rings. The zero-order valence-electron chi connectivity index (χ0n) is 16.2. The van der Waals surface area contributed by atoms with Gasteiger partial charge in [-0.15, -0.1) is 0 Å². The van der Waals surface area contributed by atoms with E-state index in [1.807, 2.05) is 59.1 Å². The van der Waals surface area contributed by atoms with E-state index >= 15 is 0 Å². The van der Waals surface area contributed by atoms with Crippen LogP contribution in [0, 0.1) is 5.92 Å². The van der Waals surface area contributed by atoms with Gasteiger partial charge < -0.3 is 14.8 Å². The van der Waals surface area contributed by atoms with Crippen LogP contribution in [0.25, 0.3) is 0 Å². The highest BCUT2D eigenvalue weighted by molar-refractivity contribution is 6.30. The van der Waals surface area contributed by atoms with Crippen molar-refractivity contribution in [2.75, 3.05) is 19.6 Å². The summed E-state index contributed by atoms with van der Waals surface area (Å²) in [5.41, 5.74) is 1.36. The Bertz CT molecular complexity index is 870. The lowest BCUT2D eigenvalue weighted by Crippen LogP contribution is -2.45. The zero-order valence-corrected chi connectivity index (χ0v) is 16.9.